The molecule has 160 valence electrons. The van der Waals surface area contributed by atoms with E-state index in [2.05, 4.69) is 32.5 Å². The second kappa shape index (κ2) is 10.7. The molecule has 0 atom stereocenters. The van der Waals surface area contributed by atoms with Crippen LogP contribution in [-0.4, -0.2) is 36.2 Å². The van der Waals surface area contributed by atoms with Gasteiger partial charge in [0.15, 0.2) is 11.6 Å². The van der Waals surface area contributed by atoms with Gasteiger partial charge in [-0.1, -0.05) is 12.6 Å². The van der Waals surface area contributed by atoms with Crippen LogP contribution in [0.15, 0.2) is 67.4 Å². The third-order valence-corrected chi connectivity index (χ3v) is 3.75. The molecule has 31 heavy (non-hydrogen) atoms. The van der Waals surface area contributed by atoms with Gasteiger partial charge in [-0.2, -0.15) is 4.98 Å². The van der Waals surface area contributed by atoms with E-state index >= 15 is 0 Å². The highest BCUT2D eigenvalue weighted by atomic mass is 19.1. The second-order valence-corrected chi connectivity index (χ2v) is 6.05. The van der Waals surface area contributed by atoms with Gasteiger partial charge in [-0.25, -0.2) is 9.37 Å². The lowest BCUT2D eigenvalue weighted by molar-refractivity contribution is -0.111. The quantitative estimate of drug-likeness (QED) is 0.417. The van der Waals surface area contributed by atoms with Crippen LogP contribution in [-0.2, 0) is 9.53 Å². The summed E-state index contributed by atoms with van der Waals surface area (Å²) < 4.78 is 47.6. The first-order chi connectivity index (χ1) is 16.2. The van der Waals surface area contributed by atoms with Crippen LogP contribution < -0.4 is 20.7 Å². The van der Waals surface area contributed by atoms with Crippen molar-refractivity contribution < 1.29 is 22.8 Å². The molecule has 3 rings (SSSR count). The summed E-state index contributed by atoms with van der Waals surface area (Å²) in [6.45, 7) is 1.17. The zero-order valence-corrected chi connectivity index (χ0v) is 16.6. The van der Waals surface area contributed by atoms with Crippen molar-refractivity contribution in [3.05, 3.63) is 73.2 Å². The molecule has 8 nitrogen and oxygen atoms in total. The highest BCUT2D eigenvalue weighted by Crippen LogP contribution is 2.23. The van der Waals surface area contributed by atoms with E-state index in [0.717, 1.165) is 12.3 Å². The van der Waals surface area contributed by atoms with E-state index in [4.69, 9.17) is 13.6 Å². The minimum atomic E-state index is -1.98. The predicted molar refractivity (Wildman–Crippen MR) is 118 cm³/mol. The molecule has 0 saturated heterocycles. The average molecular weight is 426 g/mol. The third kappa shape index (κ3) is 6.51. The maximum Gasteiger partial charge on any atom is 0.247 e. The summed E-state index contributed by atoms with van der Waals surface area (Å²) in [7, 11) is 1.38. The summed E-state index contributed by atoms with van der Waals surface area (Å²) in [5.74, 6) is -0.917. The van der Waals surface area contributed by atoms with E-state index in [1.807, 2.05) is 0 Å². The molecule has 1 heterocycles. The van der Waals surface area contributed by atoms with Gasteiger partial charge in [-0.05, 0) is 48.5 Å². The SMILES string of the molecule is [2H]c1cc(NC(=O)C=C)cc(Nc2nc(Nc3ccc(OC([2H])([2H])COC)cc3)ncc2F)c1. The van der Waals surface area contributed by atoms with E-state index in [-0.39, 0.29) is 24.4 Å². The van der Waals surface area contributed by atoms with Gasteiger partial charge in [0.1, 0.15) is 12.3 Å². The van der Waals surface area contributed by atoms with E-state index in [1.165, 1.54) is 25.3 Å². The molecular formula is C22H22FN5O3. The summed E-state index contributed by atoms with van der Waals surface area (Å²) >= 11 is 0. The molecule has 0 saturated carbocycles. The number of hydrogen-bond donors (Lipinski definition) is 3. The van der Waals surface area contributed by atoms with Crippen molar-refractivity contribution >= 4 is 34.7 Å². The molecule has 0 aliphatic carbocycles. The Morgan fingerprint density at radius 3 is 2.74 bits per heavy atom. The van der Waals surface area contributed by atoms with Crippen molar-refractivity contribution in [2.75, 3.05) is 36.2 Å². The van der Waals surface area contributed by atoms with Crippen LogP contribution in [0.3, 0.4) is 0 Å². The Balaban J connectivity index is 1.73. The number of carbonyl (C=O) groups is 1. The number of carbonyl (C=O) groups excluding carboxylic acids is 1. The topological polar surface area (TPSA) is 97.4 Å². The number of benzene rings is 2. The smallest absolute Gasteiger partial charge is 0.247 e. The van der Waals surface area contributed by atoms with Crippen molar-refractivity contribution in [3.63, 3.8) is 0 Å². The van der Waals surface area contributed by atoms with Gasteiger partial charge in [0.25, 0.3) is 0 Å². The van der Waals surface area contributed by atoms with E-state index in [1.54, 1.807) is 24.3 Å². The standard InChI is InChI=1S/C22H22FN5O3/c1-3-20(29)25-16-5-4-6-17(13-16)26-21-19(23)14-24-22(28-21)27-15-7-9-18(10-8-15)31-12-11-30-2/h3-10,13-14H,1,11-12H2,2H3,(H,25,29)(H2,24,26,27,28)/i4D,12D2. The molecule has 0 aliphatic heterocycles. The molecule has 1 amide bonds. The number of rotatable bonds is 10. The summed E-state index contributed by atoms with van der Waals surface area (Å²) in [5, 5.41) is 8.25. The van der Waals surface area contributed by atoms with Crippen LogP contribution in [0.1, 0.15) is 4.11 Å². The first-order valence-corrected chi connectivity index (χ1v) is 9.07. The Morgan fingerprint density at radius 2 is 2.00 bits per heavy atom. The molecule has 0 spiro atoms. The lowest BCUT2D eigenvalue weighted by Crippen LogP contribution is -2.07. The molecule has 0 fully saturated rings. The number of ether oxygens (including phenoxy) is 2. The Kier molecular flexibility index (Phi) is 6.16. The number of nitrogens with one attached hydrogen (secondary N) is 3. The lowest BCUT2D eigenvalue weighted by Gasteiger charge is -2.11. The first-order valence-electron chi connectivity index (χ1n) is 10.6. The second-order valence-electron chi connectivity index (χ2n) is 6.05. The number of methoxy groups -OCH3 is 1. The maximum absolute atomic E-state index is 14.3. The van der Waals surface area contributed by atoms with Gasteiger partial charge in [0.05, 0.1) is 16.9 Å². The minimum absolute atomic E-state index is 0.0920. The molecular weight excluding hydrogens is 401 g/mol. The van der Waals surface area contributed by atoms with Crippen LogP contribution in [0, 0.1) is 5.82 Å². The first kappa shape index (κ1) is 17.8. The highest BCUT2D eigenvalue weighted by molar-refractivity contribution is 5.99. The van der Waals surface area contributed by atoms with Gasteiger partial charge in [0, 0.05) is 24.2 Å². The fraction of sp³-hybridized carbons (Fsp3) is 0.136. The number of anilines is 5. The summed E-state index contributed by atoms with van der Waals surface area (Å²) in [6, 6.07) is 10.8. The van der Waals surface area contributed by atoms with Crippen LogP contribution >= 0.6 is 0 Å². The zero-order chi connectivity index (χ0) is 24.7. The van der Waals surface area contributed by atoms with Crippen LogP contribution in [0.2, 0.25) is 0 Å². The predicted octanol–water partition coefficient (Wildman–Crippen LogP) is 4.25. The average Bonchev–Trinajstić information content (AvgIpc) is 2.76. The van der Waals surface area contributed by atoms with Crippen LogP contribution in [0.4, 0.5) is 33.2 Å². The number of nitrogens with zero attached hydrogens (tertiary/aromatic N) is 2. The number of aromatic nitrogens is 2. The Bertz CT molecular complexity index is 1180. The zero-order valence-electron chi connectivity index (χ0n) is 19.6. The number of halogens is 1. The van der Waals surface area contributed by atoms with Crippen LogP contribution in [0.25, 0.3) is 0 Å². The van der Waals surface area contributed by atoms with Crippen molar-refractivity contribution in [1.82, 2.24) is 9.97 Å². The van der Waals surface area contributed by atoms with Crippen molar-refractivity contribution in [1.29, 1.82) is 0 Å². The number of amides is 1. The lowest BCUT2D eigenvalue weighted by atomic mass is 10.2. The van der Waals surface area contributed by atoms with E-state index in [9.17, 15) is 9.18 Å². The molecule has 3 aromatic rings. The Labute approximate surface area is 183 Å². The van der Waals surface area contributed by atoms with E-state index < -0.39 is 18.3 Å². The monoisotopic (exact) mass is 426 g/mol. The molecule has 2 aromatic carbocycles. The number of hydrogen-bond acceptors (Lipinski definition) is 7. The molecule has 0 aliphatic rings. The Hall–Kier alpha value is -3.98. The molecule has 1 aromatic heterocycles. The van der Waals surface area contributed by atoms with Crippen molar-refractivity contribution in [3.8, 4) is 5.75 Å². The van der Waals surface area contributed by atoms with Crippen LogP contribution in [0.5, 0.6) is 5.75 Å². The molecule has 0 radical (unpaired) electrons. The summed E-state index contributed by atoms with van der Waals surface area (Å²) in [6.07, 6.45) is 2.08. The maximum atomic E-state index is 14.3. The fourth-order valence-electron chi connectivity index (χ4n) is 2.37. The molecule has 9 heteroatoms. The van der Waals surface area contributed by atoms with Crippen molar-refractivity contribution in [2.45, 2.75) is 0 Å². The molecule has 0 bridgehead atoms. The van der Waals surface area contributed by atoms with E-state index in [0.29, 0.717) is 22.8 Å². The van der Waals surface area contributed by atoms with Crippen molar-refractivity contribution in [2.24, 2.45) is 0 Å². The molecule has 0 unspecified atom stereocenters. The van der Waals surface area contributed by atoms with Gasteiger partial charge in [-0.15, -0.1) is 0 Å². The summed E-state index contributed by atoms with van der Waals surface area (Å²) in [4.78, 5) is 19.6. The normalized spacial score (nSPS) is 12.1. The largest absolute Gasteiger partial charge is 0.491 e. The summed E-state index contributed by atoms with van der Waals surface area (Å²) in [5.41, 5.74) is 1.23. The van der Waals surface area contributed by atoms with Gasteiger partial charge in [-0.3, -0.25) is 4.79 Å². The minimum Gasteiger partial charge on any atom is -0.491 e. The van der Waals surface area contributed by atoms with Gasteiger partial charge in [0.2, 0.25) is 11.9 Å². The molecule has 3 N–H and O–H groups in total. The van der Waals surface area contributed by atoms with Gasteiger partial charge >= 0.3 is 0 Å². The highest BCUT2D eigenvalue weighted by Gasteiger charge is 2.09. The fourth-order valence-corrected chi connectivity index (χ4v) is 2.37. The van der Waals surface area contributed by atoms with Gasteiger partial charge < -0.3 is 25.4 Å². The third-order valence-electron chi connectivity index (χ3n) is 3.75. The Morgan fingerprint density at radius 1 is 1.23 bits per heavy atom.